The highest BCUT2D eigenvalue weighted by molar-refractivity contribution is 9.10. The molecule has 2 saturated heterocycles. The molecule has 3 aromatic carbocycles. The number of rotatable bonds is 9. The van der Waals surface area contributed by atoms with Crippen LogP contribution in [0.5, 0.6) is 0 Å². The summed E-state index contributed by atoms with van der Waals surface area (Å²) < 4.78 is 73.5. The van der Waals surface area contributed by atoms with Crippen molar-refractivity contribution < 1.29 is 41.4 Å². The van der Waals surface area contributed by atoms with E-state index in [0.717, 1.165) is 47.3 Å². The monoisotopic (exact) mass is 717 g/mol. The van der Waals surface area contributed by atoms with Crippen molar-refractivity contribution in [1.82, 2.24) is 0 Å². The van der Waals surface area contributed by atoms with E-state index < -0.39 is 59.0 Å². The second kappa shape index (κ2) is 14.5. The first kappa shape index (κ1) is 33.6. The number of anilines is 1. The summed E-state index contributed by atoms with van der Waals surface area (Å²) in [6, 6.07) is 18.6. The first-order valence-corrected chi connectivity index (χ1v) is 16.7. The molecule has 1 saturated carbocycles. The van der Waals surface area contributed by atoms with Gasteiger partial charge >= 0.3 is 12.1 Å². The SMILES string of the molecule is O=C(OCc1ccccc1)[C@@H]1[C@@H](c2ccc(Br)cc2)C[C@@H](OCC2CC3CCC(C2)O3)C[C@H]1C(=O)Nc1ccc(C(F)(F)F)cc1F. The van der Waals surface area contributed by atoms with Gasteiger partial charge in [-0.25, -0.2) is 4.39 Å². The lowest BCUT2D eigenvalue weighted by molar-refractivity contribution is -0.159. The summed E-state index contributed by atoms with van der Waals surface area (Å²) in [5.41, 5.74) is 0.0146. The van der Waals surface area contributed by atoms with Crippen LogP contribution in [-0.4, -0.2) is 36.8 Å². The van der Waals surface area contributed by atoms with E-state index >= 15 is 0 Å². The van der Waals surface area contributed by atoms with Crippen molar-refractivity contribution in [2.45, 2.75) is 75.5 Å². The third kappa shape index (κ3) is 8.24. The summed E-state index contributed by atoms with van der Waals surface area (Å²) in [5, 5.41) is 2.48. The minimum atomic E-state index is -4.74. The molecule has 3 fully saturated rings. The van der Waals surface area contributed by atoms with Gasteiger partial charge in [0.05, 0.1) is 41.4 Å². The average Bonchev–Trinajstić information content (AvgIpc) is 3.40. The fourth-order valence-electron chi connectivity index (χ4n) is 7.24. The van der Waals surface area contributed by atoms with Gasteiger partial charge < -0.3 is 19.5 Å². The van der Waals surface area contributed by atoms with Gasteiger partial charge in [-0.15, -0.1) is 0 Å². The molecule has 2 bridgehead atoms. The van der Waals surface area contributed by atoms with Crippen molar-refractivity contribution in [2.75, 3.05) is 11.9 Å². The number of nitrogens with one attached hydrogen (secondary N) is 1. The van der Waals surface area contributed by atoms with Crippen LogP contribution in [0.3, 0.4) is 0 Å². The van der Waals surface area contributed by atoms with Crippen LogP contribution < -0.4 is 5.32 Å². The van der Waals surface area contributed by atoms with E-state index in [4.69, 9.17) is 14.2 Å². The number of esters is 1. The van der Waals surface area contributed by atoms with E-state index in [1.165, 1.54) is 0 Å². The van der Waals surface area contributed by atoms with Crippen LogP contribution in [0.4, 0.5) is 23.2 Å². The highest BCUT2D eigenvalue weighted by Gasteiger charge is 2.48. The minimum absolute atomic E-state index is 0.00286. The molecule has 1 amide bonds. The van der Waals surface area contributed by atoms with Gasteiger partial charge in [-0.3, -0.25) is 9.59 Å². The number of alkyl halides is 3. The lowest BCUT2D eigenvalue weighted by Crippen LogP contribution is -2.45. The van der Waals surface area contributed by atoms with Gasteiger partial charge in [-0.05, 0) is 85.9 Å². The summed E-state index contributed by atoms with van der Waals surface area (Å²) in [6.45, 7) is 0.482. The molecule has 250 valence electrons. The van der Waals surface area contributed by atoms with Gasteiger partial charge in [0.15, 0.2) is 0 Å². The molecule has 2 heterocycles. The van der Waals surface area contributed by atoms with Gasteiger partial charge in [0.1, 0.15) is 12.4 Å². The number of carbonyl (C=O) groups excluding carboxylic acids is 2. The van der Waals surface area contributed by atoms with Crippen molar-refractivity contribution in [3.05, 3.63) is 99.8 Å². The van der Waals surface area contributed by atoms with E-state index in [9.17, 15) is 27.2 Å². The number of ether oxygens (including phenoxy) is 3. The summed E-state index contributed by atoms with van der Waals surface area (Å²) in [4.78, 5) is 27.9. The summed E-state index contributed by atoms with van der Waals surface area (Å²) in [7, 11) is 0. The maximum Gasteiger partial charge on any atom is 0.416 e. The number of halogens is 5. The molecule has 6 nitrogen and oxygen atoms in total. The lowest BCUT2D eigenvalue weighted by Gasteiger charge is -2.40. The van der Waals surface area contributed by atoms with Crippen molar-refractivity contribution in [2.24, 2.45) is 17.8 Å². The minimum Gasteiger partial charge on any atom is -0.461 e. The standard InChI is InChI=1S/C36H36BrF4NO5/c37-25-9-6-23(7-10-25)29-17-28(45-20-22-14-26-11-12-27(15-22)47-26)18-30(33(29)35(44)46-19-21-4-2-1-3-5-21)34(43)42-32-13-8-24(16-31(32)38)36(39,40)41/h1-10,13,16,22,26-30,33H,11-12,14-15,17-20H2,(H,42,43)/t22?,26?,27?,28-,29-,30-,33-/m1/s1. The third-order valence-corrected chi connectivity index (χ3v) is 10.1. The zero-order valence-corrected chi connectivity index (χ0v) is 27.1. The molecule has 1 aliphatic carbocycles. The van der Waals surface area contributed by atoms with Crippen LogP contribution in [0.25, 0.3) is 0 Å². The lowest BCUT2D eigenvalue weighted by atomic mass is 9.67. The summed E-state index contributed by atoms with van der Waals surface area (Å²) in [5.74, 6) is -4.65. The highest BCUT2D eigenvalue weighted by atomic mass is 79.9. The van der Waals surface area contributed by atoms with Crippen LogP contribution in [0.1, 0.15) is 61.1 Å². The maximum atomic E-state index is 14.9. The van der Waals surface area contributed by atoms with Crippen LogP contribution in [0.15, 0.2) is 77.3 Å². The maximum absolute atomic E-state index is 14.9. The molecule has 0 radical (unpaired) electrons. The number of carbonyl (C=O) groups is 2. The van der Waals surface area contributed by atoms with E-state index in [2.05, 4.69) is 21.2 Å². The Hall–Kier alpha value is -3.28. The molecule has 1 N–H and O–H groups in total. The molecular formula is C36H36BrF4NO5. The second-order valence-corrected chi connectivity index (χ2v) is 13.7. The smallest absolute Gasteiger partial charge is 0.416 e. The van der Waals surface area contributed by atoms with Gasteiger partial charge in [-0.1, -0.05) is 58.4 Å². The molecule has 0 aromatic heterocycles. The van der Waals surface area contributed by atoms with Gasteiger partial charge in [0.2, 0.25) is 5.91 Å². The molecule has 6 atom stereocenters. The molecular weight excluding hydrogens is 682 g/mol. The Labute approximate surface area is 279 Å². The van der Waals surface area contributed by atoms with Crippen LogP contribution >= 0.6 is 15.9 Å². The number of benzene rings is 3. The summed E-state index contributed by atoms with van der Waals surface area (Å²) >= 11 is 3.46. The Morgan fingerprint density at radius 2 is 1.62 bits per heavy atom. The molecule has 47 heavy (non-hydrogen) atoms. The molecule has 11 heteroatoms. The first-order chi connectivity index (χ1) is 22.5. The van der Waals surface area contributed by atoms with E-state index in [-0.39, 0.29) is 25.2 Å². The van der Waals surface area contributed by atoms with E-state index in [1.54, 1.807) is 0 Å². The Morgan fingerprint density at radius 1 is 0.915 bits per heavy atom. The quantitative estimate of drug-likeness (QED) is 0.178. The highest BCUT2D eigenvalue weighted by Crippen LogP contribution is 2.45. The predicted octanol–water partition coefficient (Wildman–Crippen LogP) is 8.44. The van der Waals surface area contributed by atoms with Gasteiger partial charge in [-0.2, -0.15) is 13.2 Å². The Morgan fingerprint density at radius 3 is 2.28 bits per heavy atom. The van der Waals surface area contributed by atoms with Crippen molar-refractivity contribution in [1.29, 1.82) is 0 Å². The Balaban J connectivity index is 1.28. The molecule has 2 unspecified atom stereocenters. The van der Waals surface area contributed by atoms with Gasteiger partial charge in [0.25, 0.3) is 0 Å². The summed E-state index contributed by atoms with van der Waals surface area (Å²) in [6.07, 6.45) is -0.158. The predicted molar refractivity (Wildman–Crippen MR) is 170 cm³/mol. The zero-order chi connectivity index (χ0) is 33.1. The molecule has 6 rings (SSSR count). The Kier molecular flexibility index (Phi) is 10.3. The van der Waals surface area contributed by atoms with Crippen LogP contribution in [0, 0.1) is 23.6 Å². The molecule has 3 aliphatic rings. The number of amides is 1. The topological polar surface area (TPSA) is 73.9 Å². The van der Waals surface area contributed by atoms with Crippen LogP contribution in [0.2, 0.25) is 0 Å². The normalized spacial score (nSPS) is 27.3. The van der Waals surface area contributed by atoms with E-state index in [1.807, 2.05) is 54.6 Å². The second-order valence-electron chi connectivity index (χ2n) is 12.8. The fraction of sp³-hybridized carbons (Fsp3) is 0.444. The first-order valence-electron chi connectivity index (χ1n) is 15.9. The fourth-order valence-corrected chi connectivity index (χ4v) is 7.51. The largest absolute Gasteiger partial charge is 0.461 e. The number of fused-ring (bicyclic) bond motifs is 2. The van der Waals surface area contributed by atoms with Gasteiger partial charge in [0, 0.05) is 17.0 Å². The van der Waals surface area contributed by atoms with E-state index in [0.29, 0.717) is 31.1 Å². The van der Waals surface area contributed by atoms with Crippen LogP contribution in [-0.2, 0) is 36.6 Å². The molecule has 2 aliphatic heterocycles. The zero-order valence-electron chi connectivity index (χ0n) is 25.6. The van der Waals surface area contributed by atoms with Crippen molar-refractivity contribution in [3.63, 3.8) is 0 Å². The number of hydrogen-bond donors (Lipinski definition) is 1. The molecule has 0 spiro atoms. The average molecular weight is 719 g/mol. The Bertz CT molecular complexity index is 1540. The third-order valence-electron chi connectivity index (χ3n) is 9.54. The molecule has 3 aromatic rings. The number of hydrogen-bond acceptors (Lipinski definition) is 5. The van der Waals surface area contributed by atoms with Crippen molar-refractivity contribution >= 4 is 33.5 Å². The van der Waals surface area contributed by atoms with Crippen molar-refractivity contribution in [3.8, 4) is 0 Å².